The molecule has 3 aliphatic rings. The second-order valence-electron chi connectivity index (χ2n) is 7.53. The van der Waals surface area contributed by atoms with E-state index in [2.05, 4.69) is 23.3 Å². The highest BCUT2D eigenvalue weighted by atomic mass is 16.5. The zero-order valence-corrected chi connectivity index (χ0v) is 16.0. The van der Waals surface area contributed by atoms with Gasteiger partial charge in [-0.05, 0) is 56.4 Å². The lowest BCUT2D eigenvalue weighted by molar-refractivity contribution is -0.143. The first-order chi connectivity index (χ1) is 13.2. The van der Waals surface area contributed by atoms with Gasteiger partial charge in [0.2, 0.25) is 5.91 Å². The summed E-state index contributed by atoms with van der Waals surface area (Å²) in [5.74, 6) is 0.989. The molecule has 1 saturated heterocycles. The van der Waals surface area contributed by atoms with Crippen molar-refractivity contribution in [3.63, 3.8) is 0 Å². The highest BCUT2D eigenvalue weighted by Crippen LogP contribution is 2.47. The number of aliphatic imine (C=N–C) groups is 1. The second kappa shape index (κ2) is 7.98. The van der Waals surface area contributed by atoms with Crippen LogP contribution >= 0.6 is 0 Å². The number of amides is 1. The van der Waals surface area contributed by atoms with E-state index in [-0.39, 0.29) is 24.0 Å². The Morgan fingerprint density at radius 1 is 1.30 bits per heavy atom. The standard InChI is InChI=1S/C21H28N2O4/c1-2-26-17-3-4-19-18(13-17)21(15-22-19)7-5-16(6-8-21)27-14-20(24)23-9-11-25-12-10-23/h3-4,13,15-16H,2,5-12,14H2,1H3/t16-,21+. The number of hydrogen-bond acceptors (Lipinski definition) is 5. The van der Waals surface area contributed by atoms with Crippen LogP contribution in [0.25, 0.3) is 0 Å². The van der Waals surface area contributed by atoms with Crippen LogP contribution in [0.4, 0.5) is 5.69 Å². The van der Waals surface area contributed by atoms with Crippen LogP contribution in [0.2, 0.25) is 0 Å². The molecule has 146 valence electrons. The molecule has 1 aromatic carbocycles. The van der Waals surface area contributed by atoms with E-state index in [0.29, 0.717) is 32.9 Å². The highest BCUT2D eigenvalue weighted by molar-refractivity contribution is 5.85. The predicted octanol–water partition coefficient (Wildman–Crippen LogP) is 2.86. The van der Waals surface area contributed by atoms with Crippen molar-refractivity contribution < 1.29 is 19.0 Å². The average molecular weight is 372 g/mol. The van der Waals surface area contributed by atoms with Crippen molar-refractivity contribution >= 4 is 17.8 Å². The fraction of sp³-hybridized carbons (Fsp3) is 0.619. The molecule has 6 nitrogen and oxygen atoms in total. The summed E-state index contributed by atoms with van der Waals surface area (Å²) in [5.41, 5.74) is 2.33. The number of ether oxygens (including phenoxy) is 3. The Labute approximate surface area is 160 Å². The van der Waals surface area contributed by atoms with Crippen molar-refractivity contribution in [1.29, 1.82) is 0 Å². The van der Waals surface area contributed by atoms with Crippen LogP contribution in [-0.4, -0.2) is 62.6 Å². The van der Waals surface area contributed by atoms with E-state index in [4.69, 9.17) is 14.2 Å². The van der Waals surface area contributed by atoms with Crippen LogP contribution in [-0.2, 0) is 19.7 Å². The minimum Gasteiger partial charge on any atom is -0.494 e. The Bertz CT molecular complexity index is 704. The van der Waals surface area contributed by atoms with Gasteiger partial charge >= 0.3 is 0 Å². The molecule has 1 aromatic rings. The molecule has 1 spiro atoms. The van der Waals surface area contributed by atoms with Crippen LogP contribution in [0.1, 0.15) is 38.2 Å². The molecule has 1 aliphatic carbocycles. The molecule has 0 bridgehead atoms. The number of rotatable bonds is 5. The number of carbonyl (C=O) groups excluding carboxylic acids is 1. The Balaban J connectivity index is 1.32. The SMILES string of the molecule is CCOc1ccc2c(c1)[C@]1(C=N2)CC[C@H](OCC(=O)N2CCOCC2)CC1. The zero-order chi connectivity index (χ0) is 18.7. The van der Waals surface area contributed by atoms with Gasteiger partial charge in [0.05, 0.1) is 31.6 Å². The summed E-state index contributed by atoms with van der Waals surface area (Å²) in [6, 6.07) is 6.19. The van der Waals surface area contributed by atoms with Gasteiger partial charge in [-0.3, -0.25) is 9.79 Å². The fourth-order valence-electron chi connectivity index (χ4n) is 4.31. The molecule has 0 atom stereocenters. The number of nitrogens with zero attached hydrogens (tertiary/aromatic N) is 2. The molecule has 0 unspecified atom stereocenters. The smallest absolute Gasteiger partial charge is 0.248 e. The first-order valence-electron chi connectivity index (χ1n) is 10.00. The van der Waals surface area contributed by atoms with Gasteiger partial charge in [0.1, 0.15) is 12.4 Å². The van der Waals surface area contributed by atoms with Crippen LogP contribution in [0, 0.1) is 0 Å². The molecule has 2 heterocycles. The van der Waals surface area contributed by atoms with Crippen molar-refractivity contribution in [1.82, 2.24) is 4.90 Å². The number of hydrogen-bond donors (Lipinski definition) is 0. The Hall–Kier alpha value is -1.92. The van der Waals surface area contributed by atoms with E-state index in [1.165, 1.54) is 5.56 Å². The fourth-order valence-corrected chi connectivity index (χ4v) is 4.31. The summed E-state index contributed by atoms with van der Waals surface area (Å²) in [6.07, 6.45) is 6.14. The summed E-state index contributed by atoms with van der Waals surface area (Å²) < 4.78 is 16.9. The monoisotopic (exact) mass is 372 g/mol. The summed E-state index contributed by atoms with van der Waals surface area (Å²) in [7, 11) is 0. The van der Waals surface area contributed by atoms with E-state index in [1.54, 1.807) is 0 Å². The maximum Gasteiger partial charge on any atom is 0.248 e. The highest BCUT2D eigenvalue weighted by Gasteiger charge is 2.40. The summed E-state index contributed by atoms with van der Waals surface area (Å²) in [6.45, 7) is 5.44. The van der Waals surface area contributed by atoms with Gasteiger partial charge in [-0.2, -0.15) is 0 Å². The third-order valence-electron chi connectivity index (χ3n) is 5.90. The summed E-state index contributed by atoms with van der Waals surface area (Å²) in [5, 5.41) is 0. The normalized spacial score (nSPS) is 27.0. The number of morpholine rings is 1. The van der Waals surface area contributed by atoms with Gasteiger partial charge in [0.25, 0.3) is 0 Å². The van der Waals surface area contributed by atoms with Gasteiger partial charge in [-0.15, -0.1) is 0 Å². The van der Waals surface area contributed by atoms with Crippen molar-refractivity contribution in [2.45, 2.75) is 44.1 Å². The lowest BCUT2D eigenvalue weighted by atomic mass is 9.70. The first-order valence-corrected chi connectivity index (χ1v) is 10.00. The largest absolute Gasteiger partial charge is 0.494 e. The minimum absolute atomic E-state index is 0.00345. The quantitative estimate of drug-likeness (QED) is 0.797. The number of benzene rings is 1. The van der Waals surface area contributed by atoms with E-state index in [0.717, 1.165) is 37.1 Å². The predicted molar refractivity (Wildman–Crippen MR) is 103 cm³/mol. The minimum atomic E-state index is -0.00345. The molecular weight excluding hydrogens is 344 g/mol. The van der Waals surface area contributed by atoms with E-state index < -0.39 is 0 Å². The molecule has 27 heavy (non-hydrogen) atoms. The van der Waals surface area contributed by atoms with E-state index in [9.17, 15) is 4.79 Å². The van der Waals surface area contributed by atoms with Gasteiger partial charge in [0.15, 0.2) is 0 Å². The average Bonchev–Trinajstić information content (AvgIpc) is 3.06. The molecule has 0 aromatic heterocycles. The molecule has 2 fully saturated rings. The molecule has 0 radical (unpaired) electrons. The molecule has 1 saturated carbocycles. The second-order valence-corrected chi connectivity index (χ2v) is 7.53. The Kier molecular flexibility index (Phi) is 5.45. The van der Waals surface area contributed by atoms with Gasteiger partial charge in [0, 0.05) is 24.7 Å². The summed E-state index contributed by atoms with van der Waals surface area (Å²) in [4.78, 5) is 18.7. The van der Waals surface area contributed by atoms with Crippen LogP contribution in [0.3, 0.4) is 0 Å². The maximum atomic E-state index is 12.3. The molecule has 4 rings (SSSR count). The van der Waals surface area contributed by atoms with E-state index in [1.807, 2.05) is 17.9 Å². The molecule has 1 amide bonds. The maximum absolute atomic E-state index is 12.3. The van der Waals surface area contributed by atoms with Crippen molar-refractivity contribution in [3.05, 3.63) is 23.8 Å². The van der Waals surface area contributed by atoms with Gasteiger partial charge in [-0.25, -0.2) is 0 Å². The van der Waals surface area contributed by atoms with Gasteiger partial charge < -0.3 is 19.1 Å². The summed E-state index contributed by atoms with van der Waals surface area (Å²) >= 11 is 0. The third kappa shape index (κ3) is 3.87. The number of fused-ring (bicyclic) bond motifs is 2. The lowest BCUT2D eigenvalue weighted by Crippen LogP contribution is -2.43. The van der Waals surface area contributed by atoms with Crippen molar-refractivity contribution in [2.75, 3.05) is 39.5 Å². The van der Waals surface area contributed by atoms with E-state index >= 15 is 0 Å². The molecule has 6 heteroatoms. The molecular formula is C21H28N2O4. The number of carbonyl (C=O) groups is 1. The lowest BCUT2D eigenvalue weighted by Gasteiger charge is -2.36. The Morgan fingerprint density at radius 3 is 2.81 bits per heavy atom. The van der Waals surface area contributed by atoms with Crippen molar-refractivity contribution in [3.8, 4) is 5.75 Å². The molecule has 2 aliphatic heterocycles. The molecule has 0 N–H and O–H groups in total. The van der Waals surface area contributed by atoms with Crippen LogP contribution in [0.15, 0.2) is 23.2 Å². The third-order valence-corrected chi connectivity index (χ3v) is 5.90. The van der Waals surface area contributed by atoms with Crippen molar-refractivity contribution in [2.24, 2.45) is 4.99 Å². The van der Waals surface area contributed by atoms with Gasteiger partial charge in [-0.1, -0.05) is 0 Å². The topological polar surface area (TPSA) is 60.4 Å². The zero-order valence-electron chi connectivity index (χ0n) is 16.0. The van der Waals surface area contributed by atoms with Crippen LogP contribution < -0.4 is 4.74 Å². The van der Waals surface area contributed by atoms with Crippen LogP contribution in [0.5, 0.6) is 5.75 Å². The first kappa shape index (κ1) is 18.4. The Morgan fingerprint density at radius 2 is 2.07 bits per heavy atom.